The van der Waals surface area contributed by atoms with E-state index in [-0.39, 0.29) is 11.3 Å². The highest BCUT2D eigenvalue weighted by Gasteiger charge is 2.21. The molecule has 0 atom stereocenters. The van der Waals surface area contributed by atoms with Gasteiger partial charge < -0.3 is 0 Å². The maximum atomic E-state index is 13.9. The maximum absolute atomic E-state index is 13.9. The van der Waals surface area contributed by atoms with E-state index >= 15 is 0 Å². The molecule has 3 rings (SSSR count). The second-order valence-corrected chi connectivity index (χ2v) is 6.12. The number of ketones is 1. The van der Waals surface area contributed by atoms with E-state index in [9.17, 15) is 9.18 Å². The summed E-state index contributed by atoms with van der Waals surface area (Å²) in [5, 5.41) is 0. The van der Waals surface area contributed by atoms with Gasteiger partial charge in [-0.15, -0.1) is 0 Å². The summed E-state index contributed by atoms with van der Waals surface area (Å²) in [5.41, 5.74) is 1.88. The van der Waals surface area contributed by atoms with Gasteiger partial charge in [-0.2, -0.15) is 0 Å². The molecule has 1 saturated carbocycles. The lowest BCUT2D eigenvalue weighted by atomic mass is 9.79. The van der Waals surface area contributed by atoms with Gasteiger partial charge in [-0.25, -0.2) is 4.39 Å². The fourth-order valence-corrected chi connectivity index (χ4v) is 2.84. The van der Waals surface area contributed by atoms with Crippen LogP contribution in [0.3, 0.4) is 0 Å². The molecule has 1 nitrogen and oxygen atoms in total. The molecular weight excluding hydrogens is 319 g/mol. The largest absolute Gasteiger partial charge is 0.288 e. The van der Waals surface area contributed by atoms with Crippen molar-refractivity contribution in [2.45, 2.75) is 25.2 Å². The van der Waals surface area contributed by atoms with Gasteiger partial charge in [0, 0.05) is 10.0 Å². The Balaban J connectivity index is 1.93. The van der Waals surface area contributed by atoms with Crippen molar-refractivity contribution >= 4 is 21.7 Å². The predicted octanol–water partition coefficient (Wildman–Crippen LogP) is 5.09. The Kier molecular flexibility index (Phi) is 3.70. The molecule has 1 aliphatic rings. The van der Waals surface area contributed by atoms with Crippen molar-refractivity contribution in [3.8, 4) is 0 Å². The molecule has 0 heterocycles. The first-order chi connectivity index (χ1) is 9.65. The van der Waals surface area contributed by atoms with Crippen molar-refractivity contribution in [2.75, 3.05) is 0 Å². The first-order valence-corrected chi connectivity index (χ1v) is 7.54. The minimum Gasteiger partial charge on any atom is -0.288 e. The van der Waals surface area contributed by atoms with Gasteiger partial charge in [0.05, 0.1) is 5.56 Å². The molecule has 20 heavy (non-hydrogen) atoms. The Bertz CT molecular complexity index is 662. The Hall–Kier alpha value is -1.48. The zero-order valence-corrected chi connectivity index (χ0v) is 12.5. The highest BCUT2D eigenvalue weighted by molar-refractivity contribution is 9.10. The molecule has 3 heteroatoms. The summed E-state index contributed by atoms with van der Waals surface area (Å²) in [4.78, 5) is 12.4. The molecular formula is C17H14BrFO. The van der Waals surface area contributed by atoms with Crippen molar-refractivity contribution < 1.29 is 9.18 Å². The average Bonchev–Trinajstić information content (AvgIpc) is 2.36. The monoisotopic (exact) mass is 332 g/mol. The van der Waals surface area contributed by atoms with Crippen LogP contribution in [0.1, 0.15) is 46.7 Å². The molecule has 0 aromatic heterocycles. The van der Waals surface area contributed by atoms with E-state index in [0.717, 1.165) is 0 Å². The number of benzene rings is 2. The van der Waals surface area contributed by atoms with Crippen LogP contribution < -0.4 is 0 Å². The maximum Gasteiger partial charge on any atom is 0.195 e. The second-order valence-electron chi connectivity index (χ2n) is 5.21. The summed E-state index contributed by atoms with van der Waals surface area (Å²) in [6.45, 7) is 0. The topological polar surface area (TPSA) is 17.1 Å². The first-order valence-electron chi connectivity index (χ1n) is 6.75. The summed E-state index contributed by atoms with van der Waals surface area (Å²) in [6.07, 6.45) is 3.62. The number of rotatable bonds is 3. The fourth-order valence-electron chi connectivity index (χ4n) is 2.50. The Labute approximate surface area is 126 Å². The Morgan fingerprint density at radius 2 is 1.95 bits per heavy atom. The van der Waals surface area contributed by atoms with Crippen LogP contribution in [-0.4, -0.2) is 5.78 Å². The second kappa shape index (κ2) is 5.49. The molecule has 0 spiro atoms. The third-order valence-electron chi connectivity index (χ3n) is 3.90. The van der Waals surface area contributed by atoms with Crippen LogP contribution in [0.4, 0.5) is 4.39 Å². The summed E-state index contributed by atoms with van der Waals surface area (Å²) < 4.78 is 14.5. The molecule has 0 radical (unpaired) electrons. The smallest absolute Gasteiger partial charge is 0.195 e. The number of hydrogen-bond donors (Lipinski definition) is 0. The zero-order chi connectivity index (χ0) is 14.1. The molecule has 0 amide bonds. The van der Waals surface area contributed by atoms with Gasteiger partial charge in [-0.1, -0.05) is 40.5 Å². The summed E-state index contributed by atoms with van der Waals surface area (Å²) in [5.74, 6) is -0.174. The van der Waals surface area contributed by atoms with Crippen LogP contribution in [-0.2, 0) is 0 Å². The third kappa shape index (κ3) is 2.55. The number of carbonyl (C=O) groups excluding carboxylic acids is 1. The van der Waals surface area contributed by atoms with Crippen molar-refractivity contribution in [2.24, 2.45) is 0 Å². The minimum absolute atomic E-state index is 0.124. The van der Waals surface area contributed by atoms with Gasteiger partial charge >= 0.3 is 0 Å². The minimum atomic E-state index is -0.488. The van der Waals surface area contributed by atoms with Gasteiger partial charge in [0.15, 0.2) is 5.78 Å². The molecule has 0 aliphatic heterocycles. The van der Waals surface area contributed by atoms with Gasteiger partial charge in [-0.05, 0) is 48.6 Å². The van der Waals surface area contributed by atoms with E-state index in [1.807, 2.05) is 12.1 Å². The van der Waals surface area contributed by atoms with E-state index in [4.69, 9.17) is 0 Å². The molecule has 0 saturated heterocycles. The quantitative estimate of drug-likeness (QED) is 0.716. The van der Waals surface area contributed by atoms with Crippen LogP contribution in [0.15, 0.2) is 46.9 Å². The van der Waals surface area contributed by atoms with Crippen LogP contribution in [0.25, 0.3) is 0 Å². The number of carbonyl (C=O) groups is 1. The lowest BCUT2D eigenvalue weighted by molar-refractivity contribution is 0.103. The van der Waals surface area contributed by atoms with Crippen molar-refractivity contribution in [3.05, 3.63) is 69.4 Å². The highest BCUT2D eigenvalue weighted by atomic mass is 79.9. The predicted molar refractivity (Wildman–Crippen MR) is 80.6 cm³/mol. The van der Waals surface area contributed by atoms with E-state index in [1.165, 1.54) is 37.0 Å². The first kappa shape index (κ1) is 13.5. The molecule has 2 aromatic carbocycles. The highest BCUT2D eigenvalue weighted by Crippen LogP contribution is 2.36. The number of halogens is 2. The van der Waals surface area contributed by atoms with Crippen LogP contribution in [0, 0.1) is 5.82 Å². The third-order valence-corrected chi connectivity index (χ3v) is 4.39. The van der Waals surface area contributed by atoms with Crippen LogP contribution in [0.2, 0.25) is 0 Å². The number of hydrogen-bond acceptors (Lipinski definition) is 1. The van der Waals surface area contributed by atoms with Crippen molar-refractivity contribution in [3.63, 3.8) is 0 Å². The fraction of sp³-hybridized carbons (Fsp3) is 0.235. The Morgan fingerprint density at radius 3 is 2.60 bits per heavy atom. The summed E-state index contributed by atoms with van der Waals surface area (Å²) >= 11 is 3.20. The van der Waals surface area contributed by atoms with Gasteiger partial charge in [0.25, 0.3) is 0 Å². The molecule has 0 bridgehead atoms. The van der Waals surface area contributed by atoms with Crippen LogP contribution >= 0.6 is 15.9 Å². The van der Waals surface area contributed by atoms with E-state index in [0.29, 0.717) is 16.0 Å². The van der Waals surface area contributed by atoms with Crippen molar-refractivity contribution in [1.82, 2.24) is 0 Å². The van der Waals surface area contributed by atoms with E-state index in [2.05, 4.69) is 22.0 Å². The van der Waals surface area contributed by atoms with E-state index < -0.39 is 5.82 Å². The van der Waals surface area contributed by atoms with Crippen LogP contribution in [0.5, 0.6) is 0 Å². The standard InChI is InChI=1S/C17H14BrFO/c18-14-7-8-15(16(19)10-14)17(20)13-6-2-5-12(9-13)11-3-1-4-11/h2,5-11H,1,3-4H2. The summed E-state index contributed by atoms with van der Waals surface area (Å²) in [6, 6.07) is 12.1. The SMILES string of the molecule is O=C(c1cccc(C2CCC2)c1)c1ccc(Br)cc1F. The molecule has 102 valence electrons. The lowest BCUT2D eigenvalue weighted by Gasteiger charge is -2.26. The lowest BCUT2D eigenvalue weighted by Crippen LogP contribution is -2.10. The van der Waals surface area contributed by atoms with Gasteiger partial charge in [0.2, 0.25) is 0 Å². The van der Waals surface area contributed by atoms with Gasteiger partial charge in [0.1, 0.15) is 5.82 Å². The molecule has 0 N–H and O–H groups in total. The molecule has 1 aliphatic carbocycles. The zero-order valence-electron chi connectivity index (χ0n) is 10.9. The molecule has 2 aromatic rings. The van der Waals surface area contributed by atoms with Gasteiger partial charge in [-0.3, -0.25) is 4.79 Å². The Morgan fingerprint density at radius 1 is 1.15 bits per heavy atom. The molecule has 0 unspecified atom stereocenters. The van der Waals surface area contributed by atoms with E-state index in [1.54, 1.807) is 12.1 Å². The molecule has 1 fully saturated rings. The average molecular weight is 333 g/mol. The normalized spacial score (nSPS) is 14.9. The summed E-state index contributed by atoms with van der Waals surface area (Å²) in [7, 11) is 0. The van der Waals surface area contributed by atoms with Crippen molar-refractivity contribution in [1.29, 1.82) is 0 Å².